The highest BCUT2D eigenvalue weighted by Gasteiger charge is 2.52. The van der Waals surface area contributed by atoms with E-state index in [0.29, 0.717) is 12.1 Å². The Morgan fingerprint density at radius 3 is 2.26 bits per heavy atom. The molecule has 23 heavy (non-hydrogen) atoms. The Balaban J connectivity index is 2.38. The molecule has 1 aliphatic rings. The second-order valence-electron chi connectivity index (χ2n) is 6.91. The number of nitrogens with one attached hydrogen (secondary N) is 1. The van der Waals surface area contributed by atoms with Gasteiger partial charge in [0.25, 0.3) is 0 Å². The van der Waals surface area contributed by atoms with Crippen molar-refractivity contribution in [1.29, 1.82) is 0 Å². The maximum Gasteiger partial charge on any atom is 0.491 e. The molecule has 0 radical (unpaired) electrons. The quantitative estimate of drug-likeness (QED) is 0.860. The molecule has 0 aliphatic carbocycles. The molecule has 0 bridgehead atoms. The van der Waals surface area contributed by atoms with Crippen molar-refractivity contribution < 1.29 is 18.1 Å². The summed E-state index contributed by atoms with van der Waals surface area (Å²) >= 11 is 0. The average molecular weight is 323 g/mol. The number of likely N-dealkylation sites (N-methyl/N-ethyl adjacent to an activating group) is 1. The Bertz CT molecular complexity index is 613. The van der Waals surface area contributed by atoms with Crippen molar-refractivity contribution in [2.24, 2.45) is 0 Å². The summed E-state index contributed by atoms with van der Waals surface area (Å²) in [6, 6.07) is 2.70. The first-order valence-corrected chi connectivity index (χ1v) is 7.74. The van der Waals surface area contributed by atoms with Crippen LogP contribution in [0.1, 0.15) is 38.8 Å². The fraction of sp³-hybridized carbons (Fsp3) is 0.529. The van der Waals surface area contributed by atoms with Crippen LogP contribution in [0.4, 0.5) is 8.78 Å². The Labute approximate surface area is 137 Å². The van der Waals surface area contributed by atoms with Gasteiger partial charge in [-0.2, -0.15) is 0 Å². The maximum atomic E-state index is 13.8. The number of halogens is 2. The van der Waals surface area contributed by atoms with Gasteiger partial charge in [0, 0.05) is 6.54 Å². The van der Waals surface area contributed by atoms with Gasteiger partial charge in [0.15, 0.2) is 11.6 Å². The summed E-state index contributed by atoms with van der Waals surface area (Å²) < 4.78 is 39.2. The van der Waals surface area contributed by atoms with Crippen LogP contribution in [0, 0.1) is 18.6 Å². The fourth-order valence-corrected chi connectivity index (χ4v) is 2.42. The van der Waals surface area contributed by atoms with Crippen LogP contribution in [0.2, 0.25) is 0 Å². The summed E-state index contributed by atoms with van der Waals surface area (Å²) in [7, 11) is 1.29. The highest BCUT2D eigenvalue weighted by molar-refractivity contribution is 6.55. The van der Waals surface area contributed by atoms with E-state index in [1.54, 1.807) is 19.1 Å². The second kappa shape index (κ2) is 6.34. The van der Waals surface area contributed by atoms with E-state index in [1.807, 2.05) is 34.7 Å². The molecule has 0 spiro atoms. The van der Waals surface area contributed by atoms with Gasteiger partial charge in [-0.15, -0.1) is 0 Å². The van der Waals surface area contributed by atoms with Crippen molar-refractivity contribution in [3.8, 4) is 0 Å². The van der Waals surface area contributed by atoms with Gasteiger partial charge in [0.2, 0.25) is 0 Å². The van der Waals surface area contributed by atoms with E-state index in [0.717, 1.165) is 11.5 Å². The van der Waals surface area contributed by atoms with Crippen LogP contribution in [0.15, 0.2) is 17.6 Å². The van der Waals surface area contributed by atoms with Crippen molar-refractivity contribution in [1.82, 2.24) is 5.32 Å². The van der Waals surface area contributed by atoms with E-state index >= 15 is 0 Å². The van der Waals surface area contributed by atoms with Crippen molar-refractivity contribution >= 4 is 13.2 Å². The molecule has 1 fully saturated rings. The van der Waals surface area contributed by atoms with Gasteiger partial charge in [-0.1, -0.05) is 12.1 Å². The lowest BCUT2D eigenvalue weighted by Gasteiger charge is -2.32. The third-order valence-electron chi connectivity index (χ3n) is 4.66. The number of hydrogen-bond donors (Lipinski definition) is 1. The van der Waals surface area contributed by atoms with E-state index in [9.17, 15) is 8.78 Å². The zero-order chi connectivity index (χ0) is 17.4. The van der Waals surface area contributed by atoms with E-state index in [2.05, 4.69) is 5.32 Å². The predicted octanol–water partition coefficient (Wildman–Crippen LogP) is 3.51. The Hall–Kier alpha value is -1.24. The molecule has 126 valence electrons. The minimum absolute atomic E-state index is 0.273. The molecule has 0 aromatic heterocycles. The third kappa shape index (κ3) is 3.49. The molecule has 2 rings (SSSR count). The van der Waals surface area contributed by atoms with Crippen molar-refractivity contribution in [3.63, 3.8) is 0 Å². The molecule has 1 heterocycles. The second-order valence-corrected chi connectivity index (χ2v) is 6.91. The van der Waals surface area contributed by atoms with Crippen LogP contribution in [0.25, 0.3) is 6.08 Å². The fourth-order valence-electron chi connectivity index (χ4n) is 2.42. The van der Waals surface area contributed by atoms with Gasteiger partial charge in [-0.05, 0) is 64.3 Å². The molecule has 1 aliphatic heterocycles. The summed E-state index contributed by atoms with van der Waals surface area (Å²) in [4.78, 5) is 0. The zero-order valence-electron chi connectivity index (χ0n) is 14.6. The van der Waals surface area contributed by atoms with Gasteiger partial charge in [0.1, 0.15) is 0 Å². The molecule has 0 saturated carbocycles. The minimum Gasteiger partial charge on any atom is -0.400 e. The van der Waals surface area contributed by atoms with Crippen LogP contribution in [0.3, 0.4) is 0 Å². The largest absolute Gasteiger partial charge is 0.491 e. The molecular formula is C17H24BF2NO2. The molecule has 1 N–H and O–H groups in total. The highest BCUT2D eigenvalue weighted by atomic mass is 19.2. The van der Waals surface area contributed by atoms with Gasteiger partial charge in [-0.3, -0.25) is 0 Å². The first-order chi connectivity index (χ1) is 10.6. The topological polar surface area (TPSA) is 30.5 Å². The summed E-state index contributed by atoms with van der Waals surface area (Å²) in [6.07, 6.45) is 1.80. The van der Waals surface area contributed by atoms with E-state index in [-0.39, 0.29) is 5.56 Å². The Kier molecular flexibility index (Phi) is 4.99. The molecule has 6 heteroatoms. The van der Waals surface area contributed by atoms with E-state index < -0.39 is 30.0 Å². The summed E-state index contributed by atoms with van der Waals surface area (Å²) in [5.74, 6) is -1.66. The minimum atomic E-state index is -0.842. The van der Waals surface area contributed by atoms with Crippen molar-refractivity contribution in [2.45, 2.75) is 45.8 Å². The lowest BCUT2D eigenvalue weighted by molar-refractivity contribution is 0.00578. The van der Waals surface area contributed by atoms with E-state index in [4.69, 9.17) is 9.31 Å². The normalized spacial score (nSPS) is 20.2. The van der Waals surface area contributed by atoms with Gasteiger partial charge in [-0.25, -0.2) is 8.78 Å². The molecular weight excluding hydrogens is 299 g/mol. The van der Waals surface area contributed by atoms with Crippen LogP contribution in [-0.2, 0) is 9.31 Å². The monoisotopic (exact) mass is 323 g/mol. The van der Waals surface area contributed by atoms with Crippen LogP contribution >= 0.6 is 0 Å². The maximum absolute atomic E-state index is 13.8. The van der Waals surface area contributed by atoms with Crippen molar-refractivity contribution in [2.75, 3.05) is 13.6 Å². The third-order valence-corrected chi connectivity index (χ3v) is 4.66. The Morgan fingerprint density at radius 2 is 1.74 bits per heavy atom. The van der Waals surface area contributed by atoms with Gasteiger partial charge >= 0.3 is 7.12 Å². The van der Waals surface area contributed by atoms with E-state index in [1.165, 1.54) is 0 Å². The van der Waals surface area contributed by atoms with Crippen molar-refractivity contribution in [3.05, 3.63) is 40.4 Å². The molecule has 1 aromatic rings. The molecule has 0 amide bonds. The summed E-state index contributed by atoms with van der Waals surface area (Å²) in [5, 5.41) is 3.07. The lowest BCUT2D eigenvalue weighted by Crippen LogP contribution is -2.41. The lowest BCUT2D eigenvalue weighted by atomic mass is 9.76. The molecule has 1 aromatic carbocycles. The molecule has 3 nitrogen and oxygen atoms in total. The number of benzene rings is 1. The molecule has 1 saturated heterocycles. The average Bonchev–Trinajstić information content (AvgIpc) is 2.67. The van der Waals surface area contributed by atoms with Crippen LogP contribution < -0.4 is 5.32 Å². The van der Waals surface area contributed by atoms with Crippen LogP contribution in [-0.4, -0.2) is 31.9 Å². The predicted molar refractivity (Wildman–Crippen MR) is 89.1 cm³/mol. The number of rotatable bonds is 4. The summed E-state index contributed by atoms with van der Waals surface area (Å²) in [6.45, 7) is 10.00. The first kappa shape index (κ1) is 18.1. The van der Waals surface area contributed by atoms with Gasteiger partial charge in [0.05, 0.1) is 11.2 Å². The molecule has 0 atom stereocenters. The smallest absolute Gasteiger partial charge is 0.400 e. The zero-order valence-corrected chi connectivity index (χ0v) is 14.6. The van der Waals surface area contributed by atoms with Crippen LogP contribution in [0.5, 0.6) is 0 Å². The standard InChI is InChI=1S/C17H24BF2NO2/c1-11-12(7-8-14(19)15(11)20)9-13(10-21-6)18-22-16(2,3)17(4,5)23-18/h7-9,21H,10H2,1-6H3. The Morgan fingerprint density at radius 1 is 1.17 bits per heavy atom. The SMILES string of the molecule is CNCC(=Cc1ccc(F)c(F)c1C)B1OC(C)(C)C(C)(C)O1. The first-order valence-electron chi connectivity index (χ1n) is 7.74. The highest BCUT2D eigenvalue weighted by Crippen LogP contribution is 2.38. The summed E-state index contributed by atoms with van der Waals surface area (Å²) in [5.41, 5.74) is 0.820. The van der Waals surface area contributed by atoms with Gasteiger partial charge < -0.3 is 14.6 Å². The molecule has 0 unspecified atom stereocenters. The number of hydrogen-bond acceptors (Lipinski definition) is 3.